The highest BCUT2D eigenvalue weighted by Crippen LogP contribution is 2.25. The van der Waals surface area contributed by atoms with Gasteiger partial charge in [0, 0.05) is 0 Å². The van der Waals surface area contributed by atoms with E-state index in [0.29, 0.717) is 24.6 Å². The normalized spacial score (nSPS) is 25.3. The van der Waals surface area contributed by atoms with E-state index in [1.54, 1.807) is 12.1 Å². The van der Waals surface area contributed by atoms with E-state index in [-0.39, 0.29) is 23.7 Å². The molecule has 2 aliphatic rings. The highest BCUT2D eigenvalue weighted by molar-refractivity contribution is 5.80. The molecule has 0 aliphatic carbocycles. The predicted octanol–water partition coefficient (Wildman–Crippen LogP) is 0.548. The number of hydrogen-bond donors (Lipinski definition) is 2. The van der Waals surface area contributed by atoms with Crippen molar-refractivity contribution >= 4 is 11.8 Å². The highest BCUT2D eigenvalue weighted by atomic mass is 16.7. The van der Waals surface area contributed by atoms with Gasteiger partial charge in [0.1, 0.15) is 5.75 Å². The molecule has 0 bridgehead atoms. The Morgan fingerprint density at radius 3 is 2.04 bits per heavy atom. The van der Waals surface area contributed by atoms with E-state index in [1.165, 1.54) is 10.3 Å². The number of rotatable bonds is 4. The number of nitrogens with one attached hydrogen (secondary N) is 2. The lowest BCUT2D eigenvalue weighted by atomic mass is 10.2. The summed E-state index contributed by atoms with van der Waals surface area (Å²) in [6.45, 7) is 6.55. The number of hydrogen-bond acceptors (Lipinski definition) is 6. The maximum atomic E-state index is 11.5. The summed E-state index contributed by atoms with van der Waals surface area (Å²) >= 11 is 0. The molecule has 124 valence electrons. The van der Waals surface area contributed by atoms with Gasteiger partial charge >= 0.3 is 0 Å². The van der Waals surface area contributed by atoms with Crippen LogP contribution in [-0.2, 0) is 9.59 Å². The number of nitrogens with zero attached hydrogens (tertiary/aromatic N) is 2. The standard InChI is InChI=1S/C15H20N4O4/c1-9-6-12(22-18-7-10(2)14(20)16-18)4-5-13(9)23-19-8-11(3)15(21)17-19/h4-6,10-11H,7-8H2,1-3H3,(H,16,20)(H,17,21). The maximum absolute atomic E-state index is 11.5. The van der Waals surface area contributed by atoms with Crippen LogP contribution in [0.15, 0.2) is 18.2 Å². The largest absolute Gasteiger partial charge is 0.386 e. The van der Waals surface area contributed by atoms with Crippen molar-refractivity contribution < 1.29 is 19.3 Å². The van der Waals surface area contributed by atoms with Gasteiger partial charge in [-0.05, 0) is 30.7 Å². The Bertz CT molecular complexity index is 636. The van der Waals surface area contributed by atoms with E-state index >= 15 is 0 Å². The zero-order chi connectivity index (χ0) is 16.6. The van der Waals surface area contributed by atoms with Gasteiger partial charge < -0.3 is 9.68 Å². The number of aryl methyl sites for hydroxylation is 1. The zero-order valence-corrected chi connectivity index (χ0v) is 13.3. The third kappa shape index (κ3) is 3.38. The van der Waals surface area contributed by atoms with E-state index in [0.717, 1.165) is 5.56 Å². The maximum Gasteiger partial charge on any atom is 0.241 e. The predicted molar refractivity (Wildman–Crippen MR) is 80.5 cm³/mol. The number of carbonyl (C=O) groups is 2. The topological polar surface area (TPSA) is 83.1 Å². The summed E-state index contributed by atoms with van der Waals surface area (Å²) in [6, 6.07) is 5.33. The number of benzene rings is 1. The van der Waals surface area contributed by atoms with Gasteiger partial charge in [-0.25, -0.2) is 0 Å². The molecule has 2 atom stereocenters. The molecule has 0 aromatic heterocycles. The van der Waals surface area contributed by atoms with E-state index in [4.69, 9.17) is 9.68 Å². The first kappa shape index (κ1) is 15.6. The van der Waals surface area contributed by atoms with Crippen molar-refractivity contribution in [2.75, 3.05) is 13.1 Å². The smallest absolute Gasteiger partial charge is 0.241 e. The molecule has 0 radical (unpaired) electrons. The van der Waals surface area contributed by atoms with Crippen molar-refractivity contribution in [2.45, 2.75) is 20.8 Å². The number of hydroxylamine groups is 2. The van der Waals surface area contributed by atoms with Gasteiger partial charge in [0.15, 0.2) is 5.75 Å². The second-order valence-corrected chi connectivity index (χ2v) is 5.99. The molecule has 2 heterocycles. The minimum Gasteiger partial charge on any atom is -0.386 e. The molecule has 0 spiro atoms. The lowest BCUT2D eigenvalue weighted by Crippen LogP contribution is -2.36. The molecule has 2 saturated heterocycles. The molecule has 3 rings (SSSR count). The summed E-state index contributed by atoms with van der Waals surface area (Å²) < 4.78 is 0. The van der Waals surface area contributed by atoms with E-state index in [9.17, 15) is 9.59 Å². The summed E-state index contributed by atoms with van der Waals surface area (Å²) in [7, 11) is 0. The number of carbonyl (C=O) groups excluding carboxylic acids is 2. The van der Waals surface area contributed by atoms with Gasteiger partial charge in [0.25, 0.3) is 0 Å². The fraction of sp³-hybridized carbons (Fsp3) is 0.467. The monoisotopic (exact) mass is 320 g/mol. The lowest BCUT2D eigenvalue weighted by Gasteiger charge is -2.19. The van der Waals surface area contributed by atoms with Gasteiger partial charge in [0.05, 0.1) is 24.9 Å². The van der Waals surface area contributed by atoms with E-state index in [1.807, 2.05) is 26.8 Å². The first-order chi connectivity index (χ1) is 10.9. The fourth-order valence-electron chi connectivity index (χ4n) is 2.37. The Balaban J connectivity index is 1.62. The Kier molecular flexibility index (Phi) is 4.10. The SMILES string of the molecule is Cc1cc(ON2CC(C)C(=O)N2)ccc1ON1CC(C)C(=O)N1. The van der Waals surface area contributed by atoms with Crippen LogP contribution in [-0.4, -0.2) is 35.2 Å². The quantitative estimate of drug-likeness (QED) is 0.843. The zero-order valence-electron chi connectivity index (χ0n) is 13.3. The molecule has 8 heteroatoms. The summed E-state index contributed by atoms with van der Waals surface area (Å²) in [5, 5.41) is 2.85. The van der Waals surface area contributed by atoms with Crippen molar-refractivity contribution in [3.8, 4) is 11.5 Å². The van der Waals surface area contributed by atoms with Crippen molar-refractivity contribution in [2.24, 2.45) is 11.8 Å². The molecule has 2 aliphatic heterocycles. The van der Waals surface area contributed by atoms with Crippen LogP contribution >= 0.6 is 0 Å². The van der Waals surface area contributed by atoms with Crippen LogP contribution in [0.2, 0.25) is 0 Å². The summed E-state index contributed by atoms with van der Waals surface area (Å²) in [5.74, 6) is 0.925. The summed E-state index contributed by atoms with van der Waals surface area (Å²) in [6.07, 6.45) is 0. The lowest BCUT2D eigenvalue weighted by molar-refractivity contribution is -0.133. The molecule has 2 amide bonds. The Labute approximate surface area is 134 Å². The van der Waals surface area contributed by atoms with Crippen LogP contribution in [0.3, 0.4) is 0 Å². The molecule has 1 aromatic carbocycles. The van der Waals surface area contributed by atoms with Crippen molar-refractivity contribution in [1.82, 2.24) is 21.2 Å². The Morgan fingerprint density at radius 1 is 1.00 bits per heavy atom. The molecule has 1 aromatic rings. The van der Waals surface area contributed by atoms with Crippen LogP contribution < -0.4 is 20.5 Å². The van der Waals surface area contributed by atoms with Crippen molar-refractivity contribution in [1.29, 1.82) is 0 Å². The molecule has 2 unspecified atom stereocenters. The Hall–Kier alpha value is -2.32. The second-order valence-electron chi connectivity index (χ2n) is 5.99. The van der Waals surface area contributed by atoms with Crippen LogP contribution in [0.4, 0.5) is 0 Å². The second kappa shape index (κ2) is 6.05. The van der Waals surface area contributed by atoms with Crippen LogP contribution in [0.25, 0.3) is 0 Å². The van der Waals surface area contributed by atoms with Gasteiger partial charge in [0.2, 0.25) is 11.8 Å². The van der Waals surface area contributed by atoms with Gasteiger partial charge in [-0.2, -0.15) is 0 Å². The van der Waals surface area contributed by atoms with Gasteiger partial charge in [-0.15, -0.1) is 0 Å². The third-order valence-corrected chi connectivity index (χ3v) is 3.81. The minimum absolute atomic E-state index is 0.0542. The van der Waals surface area contributed by atoms with Crippen LogP contribution in [0, 0.1) is 18.8 Å². The van der Waals surface area contributed by atoms with E-state index in [2.05, 4.69) is 10.9 Å². The third-order valence-electron chi connectivity index (χ3n) is 3.81. The van der Waals surface area contributed by atoms with Crippen LogP contribution in [0.5, 0.6) is 11.5 Å². The molecule has 2 fully saturated rings. The van der Waals surface area contributed by atoms with Gasteiger partial charge in [-0.1, -0.05) is 24.2 Å². The first-order valence-electron chi connectivity index (χ1n) is 7.55. The number of amides is 2. The average molecular weight is 320 g/mol. The van der Waals surface area contributed by atoms with Crippen molar-refractivity contribution in [3.63, 3.8) is 0 Å². The van der Waals surface area contributed by atoms with E-state index < -0.39 is 0 Å². The summed E-state index contributed by atoms with van der Waals surface area (Å²) in [4.78, 5) is 34.2. The molecule has 23 heavy (non-hydrogen) atoms. The van der Waals surface area contributed by atoms with Crippen LogP contribution in [0.1, 0.15) is 19.4 Å². The molecule has 2 N–H and O–H groups in total. The average Bonchev–Trinajstić information content (AvgIpc) is 2.96. The molecule has 0 saturated carbocycles. The first-order valence-corrected chi connectivity index (χ1v) is 7.55. The molecule has 8 nitrogen and oxygen atoms in total. The summed E-state index contributed by atoms with van der Waals surface area (Å²) in [5.41, 5.74) is 6.14. The van der Waals surface area contributed by atoms with Gasteiger partial charge in [-0.3, -0.25) is 20.4 Å². The minimum atomic E-state index is -0.0984. The highest BCUT2D eigenvalue weighted by Gasteiger charge is 2.29. The molecular formula is C15H20N4O4. The molecular weight excluding hydrogens is 300 g/mol. The Morgan fingerprint density at radius 2 is 1.57 bits per heavy atom. The number of hydrazine groups is 2. The van der Waals surface area contributed by atoms with Crippen molar-refractivity contribution in [3.05, 3.63) is 23.8 Å². The fourth-order valence-corrected chi connectivity index (χ4v) is 2.37.